The van der Waals surface area contributed by atoms with Crippen molar-refractivity contribution in [2.45, 2.75) is 13.0 Å². The maximum Gasteiger partial charge on any atom is 0.354 e. The highest BCUT2D eigenvalue weighted by Crippen LogP contribution is 2.34. The molecule has 10 nitrogen and oxygen atoms in total. The number of nitrogens with one attached hydrogen (secondary N) is 1. The number of carboxylic acids is 2. The van der Waals surface area contributed by atoms with Crippen LogP contribution in [0.15, 0.2) is 54.6 Å². The summed E-state index contributed by atoms with van der Waals surface area (Å²) in [4.78, 5) is 46.3. The SMILES string of the molecule is O=C(O)COc1ccc(C(=O)Nc2nc3ccccc3s2)c2c1CCN(c1cccc(C(=O)O)n1)C2. The van der Waals surface area contributed by atoms with Crippen molar-refractivity contribution in [3.8, 4) is 5.75 Å². The molecule has 2 aromatic carbocycles. The summed E-state index contributed by atoms with van der Waals surface area (Å²) in [6, 6.07) is 15.5. The highest BCUT2D eigenvalue weighted by atomic mass is 32.1. The predicted octanol–water partition coefficient (Wildman–Crippen LogP) is 3.67. The summed E-state index contributed by atoms with van der Waals surface area (Å²) in [7, 11) is 0. The molecule has 4 aromatic rings. The second-order valence-electron chi connectivity index (χ2n) is 8.05. The minimum atomic E-state index is -1.13. The van der Waals surface area contributed by atoms with Crippen LogP contribution < -0.4 is 15.0 Å². The van der Waals surface area contributed by atoms with Crippen molar-refractivity contribution in [1.82, 2.24) is 9.97 Å². The number of rotatable bonds is 7. The highest BCUT2D eigenvalue weighted by molar-refractivity contribution is 7.22. The molecule has 0 fully saturated rings. The topological polar surface area (TPSA) is 142 Å². The van der Waals surface area contributed by atoms with Crippen LogP contribution in [0, 0.1) is 0 Å². The van der Waals surface area contributed by atoms with Crippen molar-refractivity contribution >= 4 is 50.3 Å². The minimum Gasteiger partial charge on any atom is -0.482 e. The molecule has 0 saturated heterocycles. The number of amides is 1. The van der Waals surface area contributed by atoms with E-state index in [0.29, 0.717) is 40.8 Å². The van der Waals surface area contributed by atoms with Gasteiger partial charge in [-0.25, -0.2) is 19.6 Å². The molecular weight excluding hydrogens is 484 g/mol. The molecule has 2 aromatic heterocycles. The zero-order chi connectivity index (χ0) is 25.2. The number of aliphatic carboxylic acids is 1. The first-order chi connectivity index (χ1) is 17.4. The Morgan fingerprint density at radius 2 is 1.83 bits per heavy atom. The van der Waals surface area contributed by atoms with Crippen molar-refractivity contribution in [2.24, 2.45) is 0 Å². The van der Waals surface area contributed by atoms with E-state index in [9.17, 15) is 19.5 Å². The second kappa shape index (κ2) is 9.62. The fourth-order valence-corrected chi connectivity index (χ4v) is 5.00. The Morgan fingerprint density at radius 1 is 1.00 bits per heavy atom. The third kappa shape index (κ3) is 4.68. The van der Waals surface area contributed by atoms with Crippen LogP contribution in [0.4, 0.5) is 10.9 Å². The van der Waals surface area contributed by atoms with Crippen molar-refractivity contribution in [3.63, 3.8) is 0 Å². The molecule has 0 saturated carbocycles. The lowest BCUT2D eigenvalue weighted by Gasteiger charge is -2.32. The van der Waals surface area contributed by atoms with E-state index >= 15 is 0 Å². The lowest BCUT2D eigenvalue weighted by atomic mass is 9.93. The molecule has 36 heavy (non-hydrogen) atoms. The van der Waals surface area contributed by atoms with E-state index in [0.717, 1.165) is 15.8 Å². The van der Waals surface area contributed by atoms with Gasteiger partial charge in [-0.2, -0.15) is 0 Å². The predicted molar refractivity (Wildman–Crippen MR) is 133 cm³/mol. The van der Waals surface area contributed by atoms with Crippen LogP contribution in [0.5, 0.6) is 5.75 Å². The molecular formula is C25H20N4O6S. The van der Waals surface area contributed by atoms with Crippen molar-refractivity contribution < 1.29 is 29.3 Å². The Balaban J connectivity index is 1.49. The largest absolute Gasteiger partial charge is 0.482 e. The number of para-hydroxylation sites is 1. The monoisotopic (exact) mass is 504 g/mol. The van der Waals surface area contributed by atoms with E-state index in [2.05, 4.69) is 15.3 Å². The van der Waals surface area contributed by atoms with Gasteiger partial charge >= 0.3 is 11.9 Å². The second-order valence-corrected chi connectivity index (χ2v) is 9.08. The number of hydrogen-bond donors (Lipinski definition) is 3. The zero-order valence-electron chi connectivity index (χ0n) is 18.8. The maximum absolute atomic E-state index is 13.3. The Bertz CT molecular complexity index is 1470. The van der Waals surface area contributed by atoms with Gasteiger partial charge in [0.1, 0.15) is 11.6 Å². The summed E-state index contributed by atoms with van der Waals surface area (Å²) in [6.45, 7) is 0.239. The number of anilines is 2. The molecule has 1 amide bonds. The van der Waals surface area contributed by atoms with E-state index in [1.54, 1.807) is 24.3 Å². The molecule has 1 aliphatic heterocycles. The number of pyridine rings is 1. The molecule has 11 heteroatoms. The van der Waals surface area contributed by atoms with Gasteiger partial charge in [0.15, 0.2) is 17.4 Å². The third-order valence-electron chi connectivity index (χ3n) is 5.76. The Kier molecular flexibility index (Phi) is 6.21. The van der Waals surface area contributed by atoms with E-state index in [1.165, 1.54) is 17.4 Å². The number of carbonyl (C=O) groups excluding carboxylic acids is 1. The molecule has 0 bridgehead atoms. The summed E-state index contributed by atoms with van der Waals surface area (Å²) in [5, 5.41) is 21.7. The smallest absolute Gasteiger partial charge is 0.354 e. The van der Waals surface area contributed by atoms with Crippen LogP contribution in [-0.4, -0.2) is 51.2 Å². The van der Waals surface area contributed by atoms with Crippen LogP contribution in [0.3, 0.4) is 0 Å². The fraction of sp³-hybridized carbons (Fsp3) is 0.160. The molecule has 3 heterocycles. The van der Waals surface area contributed by atoms with Crippen LogP contribution in [0.25, 0.3) is 10.2 Å². The lowest BCUT2D eigenvalue weighted by Crippen LogP contribution is -2.33. The van der Waals surface area contributed by atoms with E-state index in [-0.39, 0.29) is 18.1 Å². The Morgan fingerprint density at radius 3 is 2.61 bits per heavy atom. The van der Waals surface area contributed by atoms with Crippen molar-refractivity contribution in [2.75, 3.05) is 23.4 Å². The molecule has 0 unspecified atom stereocenters. The molecule has 182 valence electrons. The number of benzene rings is 2. The molecule has 0 spiro atoms. The number of carbonyl (C=O) groups is 3. The first-order valence-corrected chi connectivity index (χ1v) is 11.8. The standard InChI is InChI=1S/C25H20N4O6S/c30-22(31)13-35-19-9-8-15(23(32)28-25-27-17-4-1-2-6-20(17)36-25)16-12-29(11-10-14(16)19)21-7-3-5-18(26-21)24(33)34/h1-9H,10-13H2,(H,30,31)(H,33,34)(H,27,28,32). The van der Waals surface area contributed by atoms with Gasteiger partial charge in [-0.15, -0.1) is 0 Å². The van der Waals surface area contributed by atoms with Crippen LogP contribution in [-0.2, 0) is 17.8 Å². The average molecular weight is 505 g/mol. The summed E-state index contributed by atoms with van der Waals surface area (Å²) in [5.74, 6) is -1.72. The van der Waals surface area contributed by atoms with E-state index in [4.69, 9.17) is 9.84 Å². The van der Waals surface area contributed by atoms with E-state index < -0.39 is 18.5 Å². The number of fused-ring (bicyclic) bond motifs is 2. The van der Waals surface area contributed by atoms with Gasteiger partial charge in [0.2, 0.25) is 0 Å². The fourth-order valence-electron chi connectivity index (χ4n) is 4.13. The zero-order valence-corrected chi connectivity index (χ0v) is 19.6. The Hall–Kier alpha value is -4.51. The number of nitrogens with zero attached hydrogens (tertiary/aromatic N) is 3. The normalized spacial score (nSPS) is 12.7. The first kappa shape index (κ1) is 23.2. The molecule has 0 atom stereocenters. The highest BCUT2D eigenvalue weighted by Gasteiger charge is 2.27. The van der Waals surface area contributed by atoms with Gasteiger partial charge < -0.3 is 19.8 Å². The number of aromatic carboxylic acids is 1. The van der Waals surface area contributed by atoms with Crippen LogP contribution in [0.1, 0.15) is 32.0 Å². The van der Waals surface area contributed by atoms with Gasteiger partial charge in [0.05, 0.1) is 10.2 Å². The third-order valence-corrected chi connectivity index (χ3v) is 6.71. The maximum atomic E-state index is 13.3. The summed E-state index contributed by atoms with van der Waals surface area (Å²) in [6.07, 6.45) is 0.450. The van der Waals surface area contributed by atoms with E-state index in [1.807, 2.05) is 29.2 Å². The molecule has 1 aliphatic rings. The van der Waals surface area contributed by atoms with Gasteiger partial charge in [0.25, 0.3) is 5.91 Å². The number of carboxylic acid groups (broad SMARTS) is 2. The number of aromatic nitrogens is 2. The van der Waals surface area contributed by atoms with Crippen LogP contribution >= 0.6 is 11.3 Å². The molecule has 0 radical (unpaired) electrons. The van der Waals surface area contributed by atoms with Crippen molar-refractivity contribution in [1.29, 1.82) is 0 Å². The van der Waals surface area contributed by atoms with Crippen molar-refractivity contribution in [3.05, 3.63) is 77.0 Å². The molecule has 0 aliphatic carbocycles. The number of thiazole rings is 1. The first-order valence-electron chi connectivity index (χ1n) is 11.0. The Labute approximate surface area is 208 Å². The van der Waals surface area contributed by atoms with Gasteiger partial charge in [-0.05, 0) is 48.4 Å². The van der Waals surface area contributed by atoms with Crippen LogP contribution in [0.2, 0.25) is 0 Å². The van der Waals surface area contributed by atoms with Gasteiger partial charge in [-0.3, -0.25) is 10.1 Å². The summed E-state index contributed by atoms with van der Waals surface area (Å²) < 4.78 is 6.44. The summed E-state index contributed by atoms with van der Waals surface area (Å²) >= 11 is 1.36. The lowest BCUT2D eigenvalue weighted by molar-refractivity contribution is -0.139. The van der Waals surface area contributed by atoms with Gasteiger partial charge in [-0.1, -0.05) is 29.5 Å². The number of ether oxygens (including phenoxy) is 1. The van der Waals surface area contributed by atoms with Gasteiger partial charge in [0, 0.05) is 24.2 Å². The molecule has 5 rings (SSSR count). The average Bonchev–Trinajstić information content (AvgIpc) is 3.29. The quantitative estimate of drug-likeness (QED) is 0.344. The molecule has 3 N–H and O–H groups in total. The number of hydrogen-bond acceptors (Lipinski definition) is 8. The summed E-state index contributed by atoms with van der Waals surface area (Å²) in [5.41, 5.74) is 2.49. The minimum absolute atomic E-state index is 0.0781.